The molecule has 2 aliphatic heterocycles. The molecule has 0 saturated carbocycles. The van der Waals surface area contributed by atoms with Crippen molar-refractivity contribution in [3.05, 3.63) is 58.4 Å². The first kappa shape index (κ1) is 24.2. The quantitative estimate of drug-likeness (QED) is 0.369. The zero-order valence-electron chi connectivity index (χ0n) is 18.8. The van der Waals surface area contributed by atoms with Gasteiger partial charge >= 0.3 is 0 Å². The van der Waals surface area contributed by atoms with Gasteiger partial charge in [0.2, 0.25) is 0 Å². The number of nitrogens with two attached hydrogens (primary N) is 1. The van der Waals surface area contributed by atoms with Crippen LogP contribution in [0, 0.1) is 5.82 Å². The van der Waals surface area contributed by atoms with Crippen molar-refractivity contribution in [1.82, 2.24) is 10.3 Å². The number of amides is 1. The van der Waals surface area contributed by atoms with E-state index in [1.165, 1.54) is 12.5 Å². The molecule has 4 rings (SSSR count). The number of halogens is 2. The predicted octanol–water partition coefficient (Wildman–Crippen LogP) is 3.60. The van der Waals surface area contributed by atoms with Gasteiger partial charge < -0.3 is 20.4 Å². The van der Waals surface area contributed by atoms with E-state index in [-0.39, 0.29) is 16.8 Å². The van der Waals surface area contributed by atoms with E-state index in [1.807, 2.05) is 11.0 Å². The number of piperidine rings is 1. The molecule has 0 unspecified atom stereocenters. The Bertz CT molecular complexity index is 1070. The fourth-order valence-corrected chi connectivity index (χ4v) is 4.59. The van der Waals surface area contributed by atoms with Crippen molar-refractivity contribution in [2.45, 2.75) is 19.3 Å². The molecule has 0 aromatic heterocycles. The van der Waals surface area contributed by atoms with Crippen LogP contribution in [0.3, 0.4) is 0 Å². The molecule has 7 nitrogen and oxygen atoms in total. The van der Waals surface area contributed by atoms with Crippen molar-refractivity contribution < 1.29 is 9.18 Å². The molecular weight excluding hydrogens is 475 g/mol. The van der Waals surface area contributed by atoms with Gasteiger partial charge in [0, 0.05) is 61.1 Å². The number of thiocarbonyl (C=S) groups is 1. The average Bonchev–Trinajstić information content (AvgIpc) is 2.85. The maximum atomic E-state index is 15.2. The zero-order chi connectivity index (χ0) is 24.1. The Kier molecular flexibility index (Phi) is 7.84. The Hall–Kier alpha value is -2.91. The van der Waals surface area contributed by atoms with E-state index in [0.29, 0.717) is 48.0 Å². The van der Waals surface area contributed by atoms with Gasteiger partial charge in [0.15, 0.2) is 5.11 Å². The molecule has 2 aromatic rings. The van der Waals surface area contributed by atoms with Crippen molar-refractivity contribution in [1.29, 1.82) is 0 Å². The standard InChI is InChI=1S/C24H28ClFN6OS/c25-19-6-4-17(5-7-19)23(33)32-12-10-31(11-13-32)22-15-21(30-8-2-1-3-9-30)18(14-20(22)26)16-28-29-24(27)34/h4-7,14-16H,1-3,8-13H2,(H3,27,29,34)/b28-16+. The lowest BCUT2D eigenvalue weighted by molar-refractivity contribution is 0.0746. The maximum Gasteiger partial charge on any atom is 0.253 e. The van der Waals surface area contributed by atoms with Gasteiger partial charge in [-0.2, -0.15) is 5.10 Å². The fourth-order valence-electron chi connectivity index (χ4n) is 4.41. The van der Waals surface area contributed by atoms with Gasteiger partial charge in [0.1, 0.15) is 5.82 Å². The van der Waals surface area contributed by atoms with E-state index in [9.17, 15) is 4.79 Å². The summed E-state index contributed by atoms with van der Waals surface area (Å²) in [6.45, 7) is 3.95. The highest BCUT2D eigenvalue weighted by Crippen LogP contribution is 2.32. The first-order valence-corrected chi connectivity index (χ1v) is 12.2. The summed E-state index contributed by atoms with van der Waals surface area (Å²) in [7, 11) is 0. The van der Waals surface area contributed by atoms with Crippen molar-refractivity contribution in [3.63, 3.8) is 0 Å². The van der Waals surface area contributed by atoms with Gasteiger partial charge in [0.25, 0.3) is 5.91 Å². The van der Waals surface area contributed by atoms with Gasteiger partial charge in [-0.25, -0.2) is 4.39 Å². The topological polar surface area (TPSA) is 77.2 Å². The molecule has 0 atom stereocenters. The largest absolute Gasteiger partial charge is 0.375 e. The number of carbonyl (C=O) groups is 1. The number of nitrogens with zero attached hydrogens (tertiary/aromatic N) is 4. The van der Waals surface area contributed by atoms with Crippen LogP contribution in [-0.4, -0.2) is 61.4 Å². The van der Waals surface area contributed by atoms with Crippen LogP contribution in [0.25, 0.3) is 0 Å². The van der Waals surface area contributed by atoms with Crippen LogP contribution >= 0.6 is 23.8 Å². The minimum atomic E-state index is -0.324. The monoisotopic (exact) mass is 502 g/mol. The molecule has 180 valence electrons. The van der Waals surface area contributed by atoms with Crippen LogP contribution in [0.5, 0.6) is 0 Å². The number of piperazine rings is 1. The number of nitrogens with one attached hydrogen (secondary N) is 1. The molecule has 2 saturated heterocycles. The lowest BCUT2D eigenvalue weighted by Gasteiger charge is -2.37. The zero-order valence-corrected chi connectivity index (χ0v) is 20.4. The second-order valence-corrected chi connectivity index (χ2v) is 9.31. The fraction of sp³-hybridized carbons (Fsp3) is 0.375. The first-order chi connectivity index (χ1) is 16.4. The summed E-state index contributed by atoms with van der Waals surface area (Å²) in [5.74, 6) is -0.363. The van der Waals surface area contributed by atoms with Gasteiger partial charge in [-0.1, -0.05) is 11.6 Å². The highest BCUT2D eigenvalue weighted by atomic mass is 35.5. The highest BCUT2D eigenvalue weighted by molar-refractivity contribution is 7.80. The molecule has 0 spiro atoms. The summed E-state index contributed by atoms with van der Waals surface area (Å²) >= 11 is 10.7. The molecule has 2 fully saturated rings. The number of carbonyl (C=O) groups excluding carboxylic acids is 1. The Morgan fingerprint density at radius 3 is 2.29 bits per heavy atom. The smallest absolute Gasteiger partial charge is 0.253 e. The van der Waals surface area contributed by atoms with Crippen LogP contribution in [0.1, 0.15) is 35.2 Å². The molecular formula is C24H28ClFN6OS. The van der Waals surface area contributed by atoms with E-state index in [4.69, 9.17) is 29.6 Å². The van der Waals surface area contributed by atoms with Gasteiger partial charge in [-0.05, 0) is 67.9 Å². The third-order valence-corrected chi connectivity index (χ3v) is 6.51. The van der Waals surface area contributed by atoms with Crippen LogP contribution < -0.4 is 21.0 Å². The number of rotatable bonds is 5. The molecule has 34 heavy (non-hydrogen) atoms. The summed E-state index contributed by atoms with van der Waals surface area (Å²) in [6.07, 6.45) is 4.94. The number of benzene rings is 2. The van der Waals surface area contributed by atoms with Crippen LogP contribution in [0.4, 0.5) is 15.8 Å². The molecule has 0 radical (unpaired) electrons. The summed E-state index contributed by atoms with van der Waals surface area (Å²) in [5, 5.41) is 4.69. The van der Waals surface area contributed by atoms with Crippen molar-refractivity contribution in [2.75, 3.05) is 49.1 Å². The van der Waals surface area contributed by atoms with E-state index in [2.05, 4.69) is 15.4 Å². The van der Waals surface area contributed by atoms with Gasteiger partial charge in [0.05, 0.1) is 11.9 Å². The second kappa shape index (κ2) is 11.0. The molecule has 0 bridgehead atoms. The number of hydrazone groups is 1. The predicted molar refractivity (Wildman–Crippen MR) is 140 cm³/mol. The molecule has 3 N–H and O–H groups in total. The minimum Gasteiger partial charge on any atom is -0.375 e. The Morgan fingerprint density at radius 1 is 1.00 bits per heavy atom. The summed E-state index contributed by atoms with van der Waals surface area (Å²) < 4.78 is 15.2. The van der Waals surface area contributed by atoms with E-state index >= 15 is 4.39 Å². The van der Waals surface area contributed by atoms with Crippen LogP contribution in [0.2, 0.25) is 5.02 Å². The summed E-state index contributed by atoms with van der Waals surface area (Å²) in [6, 6.07) is 10.3. The molecule has 10 heteroatoms. The molecule has 0 aliphatic carbocycles. The van der Waals surface area contributed by atoms with Crippen molar-refractivity contribution in [2.24, 2.45) is 10.8 Å². The van der Waals surface area contributed by atoms with Gasteiger partial charge in [-0.15, -0.1) is 0 Å². The van der Waals surface area contributed by atoms with Crippen LogP contribution in [-0.2, 0) is 0 Å². The van der Waals surface area contributed by atoms with E-state index < -0.39 is 0 Å². The lowest BCUT2D eigenvalue weighted by atomic mass is 10.1. The number of hydrogen-bond acceptors (Lipinski definition) is 5. The summed E-state index contributed by atoms with van der Waals surface area (Å²) in [4.78, 5) is 18.9. The molecule has 1 amide bonds. The van der Waals surface area contributed by atoms with E-state index in [1.54, 1.807) is 35.4 Å². The van der Waals surface area contributed by atoms with Crippen molar-refractivity contribution >= 4 is 52.4 Å². The molecule has 2 heterocycles. The first-order valence-electron chi connectivity index (χ1n) is 11.4. The SMILES string of the molecule is NC(=S)N/N=C/c1cc(F)c(N2CCN(C(=O)c3ccc(Cl)cc3)CC2)cc1N1CCCCC1. The average molecular weight is 503 g/mol. The second-order valence-electron chi connectivity index (χ2n) is 8.43. The Morgan fingerprint density at radius 2 is 1.65 bits per heavy atom. The van der Waals surface area contributed by atoms with E-state index in [0.717, 1.165) is 31.6 Å². The number of hydrogen-bond donors (Lipinski definition) is 2. The third-order valence-electron chi connectivity index (χ3n) is 6.17. The lowest BCUT2D eigenvalue weighted by Crippen LogP contribution is -2.49. The van der Waals surface area contributed by atoms with Gasteiger partial charge in [-0.3, -0.25) is 10.2 Å². The molecule has 2 aliphatic rings. The molecule has 2 aromatic carbocycles. The normalized spacial score (nSPS) is 16.7. The number of anilines is 2. The maximum absolute atomic E-state index is 15.2. The van der Waals surface area contributed by atoms with Crippen LogP contribution in [0.15, 0.2) is 41.5 Å². The Labute approximate surface area is 209 Å². The van der Waals surface area contributed by atoms with Crippen molar-refractivity contribution in [3.8, 4) is 0 Å². The summed E-state index contributed by atoms with van der Waals surface area (Å²) in [5.41, 5.74) is 10.7. The highest BCUT2D eigenvalue weighted by Gasteiger charge is 2.25. The third kappa shape index (κ3) is 5.77. The minimum absolute atomic E-state index is 0.0392. The Balaban J connectivity index is 1.52.